The fourth-order valence-corrected chi connectivity index (χ4v) is 3.03. The summed E-state index contributed by atoms with van der Waals surface area (Å²) in [6.45, 7) is 4.33. The number of aryl methyl sites for hydroxylation is 2. The van der Waals surface area contributed by atoms with Gasteiger partial charge in [0.15, 0.2) is 11.5 Å². The fourth-order valence-electron chi connectivity index (χ4n) is 3.03. The molecule has 21 heavy (non-hydrogen) atoms. The SMILES string of the molecule is COc1ccc(C2Cc3c(C)ccc(C)c3N2)cc1OC. The van der Waals surface area contributed by atoms with Crippen LogP contribution < -0.4 is 14.8 Å². The lowest BCUT2D eigenvalue weighted by Crippen LogP contribution is -2.06. The largest absolute Gasteiger partial charge is 0.493 e. The smallest absolute Gasteiger partial charge is 0.161 e. The molecule has 0 fully saturated rings. The predicted molar refractivity (Wildman–Crippen MR) is 85.5 cm³/mol. The van der Waals surface area contributed by atoms with Crippen LogP contribution in [0.15, 0.2) is 30.3 Å². The molecule has 1 aliphatic rings. The lowest BCUT2D eigenvalue weighted by Gasteiger charge is -2.15. The first-order valence-corrected chi connectivity index (χ1v) is 7.21. The van der Waals surface area contributed by atoms with Gasteiger partial charge in [0.1, 0.15) is 0 Å². The summed E-state index contributed by atoms with van der Waals surface area (Å²) >= 11 is 0. The Labute approximate surface area is 125 Å². The fraction of sp³-hybridized carbons (Fsp3) is 0.333. The van der Waals surface area contributed by atoms with Gasteiger partial charge < -0.3 is 14.8 Å². The van der Waals surface area contributed by atoms with Gasteiger partial charge in [-0.1, -0.05) is 18.2 Å². The Balaban J connectivity index is 1.94. The highest BCUT2D eigenvalue weighted by Gasteiger charge is 2.25. The highest BCUT2D eigenvalue weighted by Crippen LogP contribution is 2.40. The van der Waals surface area contributed by atoms with Crippen LogP contribution in [0.25, 0.3) is 0 Å². The zero-order valence-electron chi connectivity index (χ0n) is 13.0. The maximum atomic E-state index is 5.41. The van der Waals surface area contributed by atoms with Crippen molar-refractivity contribution in [3.05, 3.63) is 52.6 Å². The number of benzene rings is 2. The van der Waals surface area contributed by atoms with Crippen LogP contribution in [0.3, 0.4) is 0 Å². The first-order valence-electron chi connectivity index (χ1n) is 7.21. The highest BCUT2D eigenvalue weighted by atomic mass is 16.5. The van der Waals surface area contributed by atoms with E-state index >= 15 is 0 Å². The summed E-state index contributed by atoms with van der Waals surface area (Å²) in [4.78, 5) is 0. The van der Waals surface area contributed by atoms with Crippen LogP contribution in [0.5, 0.6) is 11.5 Å². The third kappa shape index (κ3) is 2.33. The maximum Gasteiger partial charge on any atom is 0.161 e. The summed E-state index contributed by atoms with van der Waals surface area (Å²) < 4.78 is 10.7. The van der Waals surface area contributed by atoms with Gasteiger partial charge in [-0.25, -0.2) is 0 Å². The molecule has 3 rings (SSSR count). The molecule has 1 N–H and O–H groups in total. The van der Waals surface area contributed by atoms with Gasteiger partial charge in [-0.3, -0.25) is 0 Å². The Morgan fingerprint density at radius 3 is 2.33 bits per heavy atom. The molecule has 110 valence electrons. The Morgan fingerprint density at radius 1 is 0.952 bits per heavy atom. The lowest BCUT2D eigenvalue weighted by atomic mass is 9.98. The van der Waals surface area contributed by atoms with Crippen molar-refractivity contribution in [2.75, 3.05) is 19.5 Å². The van der Waals surface area contributed by atoms with Crippen molar-refractivity contribution in [1.29, 1.82) is 0 Å². The van der Waals surface area contributed by atoms with Crippen LogP contribution in [0, 0.1) is 13.8 Å². The molecule has 0 bridgehead atoms. The van der Waals surface area contributed by atoms with Crippen LogP contribution >= 0.6 is 0 Å². The van der Waals surface area contributed by atoms with Gasteiger partial charge in [0, 0.05) is 5.69 Å². The van der Waals surface area contributed by atoms with E-state index in [9.17, 15) is 0 Å². The standard InChI is InChI=1S/C18H21NO2/c1-11-5-6-12(2)18-14(11)10-15(19-18)13-7-8-16(20-3)17(9-13)21-4/h5-9,15,19H,10H2,1-4H3. The van der Waals surface area contributed by atoms with Crippen molar-refractivity contribution in [3.8, 4) is 11.5 Å². The monoisotopic (exact) mass is 283 g/mol. The molecule has 0 spiro atoms. The number of anilines is 1. The number of hydrogen-bond acceptors (Lipinski definition) is 3. The molecule has 0 radical (unpaired) electrons. The number of nitrogens with one attached hydrogen (secondary N) is 1. The van der Waals surface area contributed by atoms with Crippen LogP contribution in [0.2, 0.25) is 0 Å². The predicted octanol–water partition coefficient (Wildman–Crippen LogP) is 4.03. The lowest BCUT2D eigenvalue weighted by molar-refractivity contribution is 0.354. The van der Waals surface area contributed by atoms with Gasteiger partial charge in [-0.15, -0.1) is 0 Å². The van der Waals surface area contributed by atoms with Crippen LogP contribution in [0.4, 0.5) is 5.69 Å². The first kappa shape index (κ1) is 13.8. The van der Waals surface area contributed by atoms with Gasteiger partial charge >= 0.3 is 0 Å². The molecule has 0 amide bonds. The Bertz CT molecular complexity index is 648. The molecular formula is C18H21NO2. The minimum atomic E-state index is 0.291. The van der Waals surface area contributed by atoms with Crippen LogP contribution in [-0.4, -0.2) is 14.2 Å². The van der Waals surface area contributed by atoms with E-state index in [1.54, 1.807) is 14.2 Å². The molecular weight excluding hydrogens is 262 g/mol. The summed E-state index contributed by atoms with van der Waals surface area (Å²) in [5, 5.41) is 3.65. The van der Waals surface area contributed by atoms with Crippen molar-refractivity contribution < 1.29 is 9.47 Å². The van der Waals surface area contributed by atoms with Gasteiger partial charge in [-0.2, -0.15) is 0 Å². The maximum absolute atomic E-state index is 5.41. The summed E-state index contributed by atoms with van der Waals surface area (Å²) in [5.74, 6) is 1.55. The minimum Gasteiger partial charge on any atom is -0.493 e. The van der Waals surface area contributed by atoms with Crippen molar-refractivity contribution in [1.82, 2.24) is 0 Å². The molecule has 1 aliphatic heterocycles. The normalized spacial score (nSPS) is 16.3. The van der Waals surface area contributed by atoms with Gasteiger partial charge in [-0.05, 0) is 54.7 Å². The topological polar surface area (TPSA) is 30.5 Å². The molecule has 1 atom stereocenters. The molecule has 0 aliphatic carbocycles. The third-order valence-electron chi connectivity index (χ3n) is 4.29. The van der Waals surface area contributed by atoms with Crippen LogP contribution in [0.1, 0.15) is 28.3 Å². The number of rotatable bonds is 3. The molecule has 1 heterocycles. The van der Waals surface area contributed by atoms with Crippen molar-refractivity contribution in [2.45, 2.75) is 26.3 Å². The minimum absolute atomic E-state index is 0.291. The molecule has 2 aromatic carbocycles. The Kier molecular flexibility index (Phi) is 3.50. The second-order valence-corrected chi connectivity index (χ2v) is 5.57. The van der Waals surface area contributed by atoms with Crippen molar-refractivity contribution in [3.63, 3.8) is 0 Å². The second kappa shape index (κ2) is 5.32. The van der Waals surface area contributed by atoms with E-state index < -0.39 is 0 Å². The van der Waals surface area contributed by atoms with E-state index in [4.69, 9.17) is 9.47 Å². The number of methoxy groups -OCH3 is 2. The number of hydrogen-bond donors (Lipinski definition) is 1. The summed E-state index contributed by atoms with van der Waals surface area (Å²) in [7, 11) is 3.33. The second-order valence-electron chi connectivity index (χ2n) is 5.57. The number of fused-ring (bicyclic) bond motifs is 1. The molecule has 1 unspecified atom stereocenters. The average Bonchev–Trinajstić information content (AvgIpc) is 2.97. The van der Waals surface area contributed by atoms with Crippen molar-refractivity contribution >= 4 is 5.69 Å². The molecule has 0 saturated heterocycles. The average molecular weight is 283 g/mol. The van der Waals surface area contributed by atoms with Gasteiger partial charge in [0.2, 0.25) is 0 Å². The number of ether oxygens (including phenoxy) is 2. The van der Waals surface area contributed by atoms with E-state index in [0.717, 1.165) is 17.9 Å². The molecule has 3 nitrogen and oxygen atoms in total. The van der Waals surface area contributed by atoms with Gasteiger partial charge in [0.05, 0.1) is 20.3 Å². The van der Waals surface area contributed by atoms with E-state index in [1.165, 1.54) is 27.9 Å². The zero-order chi connectivity index (χ0) is 15.0. The summed E-state index contributed by atoms with van der Waals surface area (Å²) in [6, 6.07) is 10.8. The van der Waals surface area contributed by atoms with E-state index in [2.05, 4.69) is 43.4 Å². The Morgan fingerprint density at radius 2 is 1.67 bits per heavy atom. The first-order chi connectivity index (χ1) is 10.1. The van der Waals surface area contributed by atoms with E-state index in [0.29, 0.717) is 6.04 Å². The van der Waals surface area contributed by atoms with E-state index in [-0.39, 0.29) is 0 Å². The van der Waals surface area contributed by atoms with E-state index in [1.807, 2.05) is 6.07 Å². The third-order valence-corrected chi connectivity index (χ3v) is 4.29. The van der Waals surface area contributed by atoms with Crippen molar-refractivity contribution in [2.24, 2.45) is 0 Å². The molecule has 0 saturated carbocycles. The quantitative estimate of drug-likeness (QED) is 0.922. The molecule has 0 aromatic heterocycles. The Hall–Kier alpha value is -2.16. The highest BCUT2D eigenvalue weighted by molar-refractivity contribution is 5.65. The zero-order valence-corrected chi connectivity index (χ0v) is 13.0. The molecule has 3 heteroatoms. The van der Waals surface area contributed by atoms with Gasteiger partial charge in [0.25, 0.3) is 0 Å². The van der Waals surface area contributed by atoms with Crippen LogP contribution in [-0.2, 0) is 6.42 Å². The summed E-state index contributed by atoms with van der Waals surface area (Å²) in [6.07, 6.45) is 1.01. The molecule has 2 aromatic rings. The summed E-state index contributed by atoms with van der Waals surface area (Å²) in [5.41, 5.74) is 6.59.